The fourth-order valence-electron chi connectivity index (χ4n) is 5.22. The number of nitrogens with one attached hydrogen (secondary N) is 2. The maximum atomic E-state index is 12.3. The van der Waals surface area contributed by atoms with Gasteiger partial charge in [-0.3, -0.25) is 0 Å². The van der Waals surface area contributed by atoms with Gasteiger partial charge >= 0.3 is 0 Å². The molecule has 1 aliphatic carbocycles. The third-order valence-electron chi connectivity index (χ3n) is 7.22. The molecule has 40 heavy (non-hydrogen) atoms. The van der Waals surface area contributed by atoms with Gasteiger partial charge < -0.3 is 15.8 Å². The van der Waals surface area contributed by atoms with Gasteiger partial charge in [0.2, 0.25) is 0 Å². The molecule has 1 saturated carbocycles. The van der Waals surface area contributed by atoms with Crippen LogP contribution in [0.5, 0.6) is 5.75 Å². The Morgan fingerprint density at radius 1 is 1.23 bits per heavy atom. The van der Waals surface area contributed by atoms with Gasteiger partial charge in [-0.2, -0.15) is 5.10 Å². The minimum absolute atomic E-state index is 0.176. The van der Waals surface area contributed by atoms with Gasteiger partial charge in [0, 0.05) is 29.6 Å². The molecule has 0 bridgehead atoms. The minimum atomic E-state index is -1.01. The number of hydrogen-bond donors (Lipinski definition) is 3. The van der Waals surface area contributed by atoms with Crippen LogP contribution in [0.15, 0.2) is 65.9 Å². The molecule has 3 atom stereocenters. The van der Waals surface area contributed by atoms with Crippen LogP contribution in [0.4, 0.5) is 11.4 Å². The van der Waals surface area contributed by atoms with Gasteiger partial charge in [0.25, 0.3) is 0 Å². The molecule has 1 aliphatic rings. The number of nitrogens with two attached hydrogens (primary N) is 1. The van der Waals surface area contributed by atoms with Crippen LogP contribution in [0, 0.1) is 6.92 Å². The molecule has 8 nitrogen and oxygen atoms in total. The van der Waals surface area contributed by atoms with E-state index >= 15 is 0 Å². The van der Waals surface area contributed by atoms with Gasteiger partial charge in [-0.25, -0.2) is 18.4 Å². The van der Waals surface area contributed by atoms with Crippen molar-refractivity contribution < 1.29 is 8.95 Å². The van der Waals surface area contributed by atoms with E-state index in [1.165, 1.54) is 0 Å². The Morgan fingerprint density at radius 2 is 2.02 bits per heavy atom. The number of benzene rings is 2. The second-order valence-corrected chi connectivity index (χ2v) is 11.9. The molecular weight excluding hydrogens is 544 g/mol. The fraction of sp³-hybridized carbons (Fsp3) is 0.333. The number of nitrogens with zero attached hydrogens (tertiary/aromatic N) is 3. The average Bonchev–Trinajstić information content (AvgIpc) is 3.57. The fourth-order valence-corrected chi connectivity index (χ4v) is 6.48. The first kappa shape index (κ1) is 28.1. The molecule has 4 N–H and O–H groups in total. The van der Waals surface area contributed by atoms with Crippen LogP contribution in [-0.4, -0.2) is 44.6 Å². The number of anilines is 1. The number of amidine groups is 1. The van der Waals surface area contributed by atoms with E-state index in [1.807, 2.05) is 48.0 Å². The normalized spacial score (nSPS) is 18.2. The van der Waals surface area contributed by atoms with Crippen LogP contribution in [0.1, 0.15) is 43.7 Å². The van der Waals surface area contributed by atoms with E-state index in [1.54, 1.807) is 19.4 Å². The molecule has 5 rings (SSSR count). The SMILES string of the molecule is CCCS(=O)NC1CCC(Nc2c(C(N)=Nc3ccccc3Cl)cnn3cc(-c4ccc(OC)cc4C)cc23)C1. The maximum absolute atomic E-state index is 12.3. The molecule has 4 aromatic rings. The van der Waals surface area contributed by atoms with E-state index in [0.717, 1.165) is 59.3 Å². The Balaban J connectivity index is 1.53. The largest absolute Gasteiger partial charge is 0.497 e. The maximum Gasteiger partial charge on any atom is 0.135 e. The summed E-state index contributed by atoms with van der Waals surface area (Å²) in [6.45, 7) is 4.11. The highest BCUT2D eigenvalue weighted by molar-refractivity contribution is 7.83. The Bertz CT molecular complexity index is 1570. The van der Waals surface area contributed by atoms with Crippen molar-refractivity contribution in [3.05, 3.63) is 77.1 Å². The van der Waals surface area contributed by atoms with Crippen LogP contribution in [0.2, 0.25) is 5.02 Å². The topological polar surface area (TPSA) is 106 Å². The predicted octanol–water partition coefficient (Wildman–Crippen LogP) is 6.01. The molecule has 0 amide bonds. The average molecular weight is 579 g/mol. The van der Waals surface area contributed by atoms with Gasteiger partial charge in [-0.1, -0.05) is 36.7 Å². The number of halogens is 1. The molecule has 1 fully saturated rings. The minimum Gasteiger partial charge on any atom is -0.497 e. The lowest BCUT2D eigenvalue weighted by Crippen LogP contribution is -2.31. The van der Waals surface area contributed by atoms with Crippen molar-refractivity contribution in [1.82, 2.24) is 14.3 Å². The van der Waals surface area contributed by atoms with Crippen LogP contribution >= 0.6 is 11.6 Å². The van der Waals surface area contributed by atoms with Crippen LogP contribution in [-0.2, 0) is 11.0 Å². The second-order valence-electron chi connectivity index (χ2n) is 10.1. The molecule has 2 heterocycles. The summed E-state index contributed by atoms with van der Waals surface area (Å²) in [6, 6.07) is 15.9. The number of hydrogen-bond acceptors (Lipinski definition) is 5. The van der Waals surface area contributed by atoms with Crippen molar-refractivity contribution in [2.75, 3.05) is 18.2 Å². The van der Waals surface area contributed by atoms with E-state index in [4.69, 9.17) is 27.2 Å². The van der Waals surface area contributed by atoms with Gasteiger partial charge in [0.1, 0.15) is 11.6 Å². The zero-order chi connectivity index (χ0) is 28.2. The lowest BCUT2D eigenvalue weighted by molar-refractivity contribution is 0.414. The number of rotatable bonds is 10. The van der Waals surface area contributed by atoms with Crippen molar-refractivity contribution in [2.45, 2.75) is 51.6 Å². The molecular formula is C30H35ClN6O2S. The first-order valence-electron chi connectivity index (χ1n) is 13.5. The summed E-state index contributed by atoms with van der Waals surface area (Å²) in [6.07, 6.45) is 7.41. The van der Waals surface area contributed by atoms with Crippen LogP contribution < -0.4 is 20.5 Å². The number of fused-ring (bicyclic) bond motifs is 1. The summed E-state index contributed by atoms with van der Waals surface area (Å²) in [5, 5.41) is 8.97. The van der Waals surface area contributed by atoms with Crippen molar-refractivity contribution in [3.8, 4) is 16.9 Å². The highest BCUT2D eigenvalue weighted by Crippen LogP contribution is 2.34. The quantitative estimate of drug-likeness (QED) is 0.158. The monoisotopic (exact) mass is 578 g/mol. The molecule has 0 radical (unpaired) electrons. The van der Waals surface area contributed by atoms with Crippen LogP contribution in [0.3, 0.4) is 0 Å². The lowest BCUT2D eigenvalue weighted by atomic mass is 10.0. The molecule has 0 saturated heterocycles. The molecule has 2 aromatic carbocycles. The summed E-state index contributed by atoms with van der Waals surface area (Å²) >= 11 is 6.38. The summed E-state index contributed by atoms with van der Waals surface area (Å²) in [4.78, 5) is 4.65. The predicted molar refractivity (Wildman–Crippen MR) is 165 cm³/mol. The molecule has 0 spiro atoms. The van der Waals surface area contributed by atoms with Gasteiger partial charge in [-0.05, 0) is 74.1 Å². The third kappa shape index (κ3) is 6.16. The molecule has 10 heteroatoms. The number of aromatic nitrogens is 2. The van der Waals surface area contributed by atoms with E-state index in [0.29, 0.717) is 27.9 Å². The summed E-state index contributed by atoms with van der Waals surface area (Å²) in [5.74, 6) is 1.81. The molecule has 0 aliphatic heterocycles. The summed E-state index contributed by atoms with van der Waals surface area (Å²) in [5.41, 5.74) is 12.9. The Morgan fingerprint density at radius 3 is 2.77 bits per heavy atom. The highest BCUT2D eigenvalue weighted by atomic mass is 35.5. The van der Waals surface area contributed by atoms with E-state index in [2.05, 4.69) is 34.1 Å². The Hall–Kier alpha value is -3.40. The summed E-state index contributed by atoms with van der Waals surface area (Å²) < 4.78 is 22.9. The number of methoxy groups -OCH3 is 1. The standard InChI is InChI=1S/C30H35ClN6O2S/c1-4-13-40(38)36-22-10-9-21(16-22)34-29-25(30(32)35-27-8-6-5-7-26(27)31)17-33-37-18-20(15-28(29)37)24-12-11-23(39-3)14-19(24)2/h5-8,11-12,14-15,17-18,21-22,34,36H,4,9-10,13,16H2,1-3H3,(H2,32,35). The van der Waals surface area contributed by atoms with Gasteiger partial charge in [0.05, 0.1) is 51.8 Å². The van der Waals surface area contributed by atoms with Crippen LogP contribution in [0.25, 0.3) is 16.6 Å². The van der Waals surface area contributed by atoms with Gasteiger partial charge in [-0.15, -0.1) is 0 Å². The Kier molecular flexibility index (Phi) is 8.73. The third-order valence-corrected chi connectivity index (χ3v) is 8.91. The zero-order valence-electron chi connectivity index (χ0n) is 23.0. The number of para-hydroxylation sites is 1. The summed E-state index contributed by atoms with van der Waals surface area (Å²) in [7, 11) is 0.665. The zero-order valence-corrected chi connectivity index (χ0v) is 24.6. The van der Waals surface area contributed by atoms with Crippen molar-refractivity contribution in [2.24, 2.45) is 10.7 Å². The van der Waals surface area contributed by atoms with E-state index in [-0.39, 0.29) is 12.1 Å². The van der Waals surface area contributed by atoms with Gasteiger partial charge in [0.15, 0.2) is 0 Å². The number of aliphatic imine (C=N–C) groups is 1. The first-order valence-corrected chi connectivity index (χ1v) is 15.2. The van der Waals surface area contributed by atoms with E-state index in [9.17, 15) is 4.21 Å². The molecule has 2 aromatic heterocycles. The molecule has 3 unspecified atom stereocenters. The highest BCUT2D eigenvalue weighted by Gasteiger charge is 2.27. The van der Waals surface area contributed by atoms with Crippen molar-refractivity contribution >= 4 is 45.3 Å². The number of ether oxygens (including phenoxy) is 1. The smallest absolute Gasteiger partial charge is 0.135 e. The molecule has 210 valence electrons. The number of aryl methyl sites for hydroxylation is 1. The second kappa shape index (κ2) is 12.4. The van der Waals surface area contributed by atoms with Crippen molar-refractivity contribution in [1.29, 1.82) is 0 Å². The van der Waals surface area contributed by atoms with E-state index < -0.39 is 11.0 Å². The first-order chi connectivity index (χ1) is 19.4. The lowest BCUT2D eigenvalue weighted by Gasteiger charge is -2.19. The van der Waals surface area contributed by atoms with Crippen molar-refractivity contribution in [3.63, 3.8) is 0 Å². The Labute approximate surface area is 242 Å².